The van der Waals surface area contributed by atoms with Crippen LogP contribution in [0.15, 0.2) is 34.9 Å². The van der Waals surface area contributed by atoms with Crippen molar-refractivity contribution in [1.29, 1.82) is 0 Å². The molecule has 1 heterocycles. The lowest BCUT2D eigenvalue weighted by Crippen LogP contribution is -2.19. The van der Waals surface area contributed by atoms with E-state index in [9.17, 15) is 0 Å². The van der Waals surface area contributed by atoms with Crippen LogP contribution >= 0.6 is 0 Å². The number of hydrogen-bond acceptors (Lipinski definition) is 2. The Bertz CT molecular complexity index is 528. The van der Waals surface area contributed by atoms with Gasteiger partial charge in [-0.15, -0.1) is 0 Å². The molecule has 0 amide bonds. The number of nitrogens with one attached hydrogen (secondary N) is 1. The van der Waals surface area contributed by atoms with E-state index in [-0.39, 0.29) is 6.04 Å². The third-order valence-corrected chi connectivity index (χ3v) is 3.50. The molecule has 18 heavy (non-hydrogen) atoms. The lowest BCUT2D eigenvalue weighted by atomic mass is 9.97. The predicted molar refractivity (Wildman–Crippen MR) is 74.9 cm³/mol. The van der Waals surface area contributed by atoms with Crippen LogP contribution in [-0.2, 0) is 6.42 Å². The van der Waals surface area contributed by atoms with Crippen molar-refractivity contribution >= 4 is 0 Å². The Morgan fingerprint density at radius 1 is 1.11 bits per heavy atom. The van der Waals surface area contributed by atoms with Gasteiger partial charge in [0, 0.05) is 0 Å². The van der Waals surface area contributed by atoms with Crippen LogP contribution in [-0.4, -0.2) is 7.05 Å². The highest BCUT2D eigenvalue weighted by Gasteiger charge is 2.16. The van der Waals surface area contributed by atoms with E-state index in [0.717, 1.165) is 12.2 Å². The normalized spacial score (nSPS) is 12.7. The van der Waals surface area contributed by atoms with Gasteiger partial charge in [-0.05, 0) is 57.0 Å². The molecule has 0 radical (unpaired) electrons. The Morgan fingerprint density at radius 2 is 1.89 bits per heavy atom. The molecular weight excluding hydrogens is 222 g/mol. The van der Waals surface area contributed by atoms with Gasteiger partial charge in [-0.25, -0.2) is 0 Å². The first kappa shape index (κ1) is 12.9. The second kappa shape index (κ2) is 5.40. The van der Waals surface area contributed by atoms with Gasteiger partial charge in [0.25, 0.3) is 0 Å². The fraction of sp³-hybridized carbons (Fsp3) is 0.375. The van der Waals surface area contributed by atoms with Crippen molar-refractivity contribution in [1.82, 2.24) is 5.32 Å². The van der Waals surface area contributed by atoms with Gasteiger partial charge in [-0.3, -0.25) is 0 Å². The highest BCUT2D eigenvalue weighted by Crippen LogP contribution is 2.24. The summed E-state index contributed by atoms with van der Waals surface area (Å²) in [4.78, 5) is 0. The summed E-state index contributed by atoms with van der Waals surface area (Å²) in [6.45, 7) is 6.39. The zero-order chi connectivity index (χ0) is 13.1. The van der Waals surface area contributed by atoms with Crippen molar-refractivity contribution in [2.45, 2.75) is 33.2 Å². The van der Waals surface area contributed by atoms with Crippen LogP contribution in [0.4, 0.5) is 0 Å². The molecule has 0 aliphatic rings. The molecule has 0 bridgehead atoms. The molecule has 1 aromatic carbocycles. The fourth-order valence-corrected chi connectivity index (χ4v) is 2.31. The second-order valence-electron chi connectivity index (χ2n) is 4.94. The van der Waals surface area contributed by atoms with Gasteiger partial charge in [0.05, 0.1) is 12.3 Å². The number of rotatable bonds is 4. The minimum absolute atomic E-state index is 0.237. The summed E-state index contributed by atoms with van der Waals surface area (Å²) in [5.74, 6) is 1.04. The molecule has 0 fully saturated rings. The van der Waals surface area contributed by atoms with Crippen LogP contribution in [0, 0.1) is 20.8 Å². The number of benzene rings is 1. The smallest absolute Gasteiger partial charge is 0.123 e. The van der Waals surface area contributed by atoms with Crippen molar-refractivity contribution in [2.24, 2.45) is 0 Å². The average molecular weight is 243 g/mol. The first-order valence-electron chi connectivity index (χ1n) is 6.39. The maximum absolute atomic E-state index is 5.60. The van der Waals surface area contributed by atoms with E-state index in [2.05, 4.69) is 44.3 Å². The van der Waals surface area contributed by atoms with Gasteiger partial charge >= 0.3 is 0 Å². The van der Waals surface area contributed by atoms with E-state index < -0.39 is 0 Å². The Morgan fingerprint density at radius 3 is 2.50 bits per heavy atom. The molecule has 2 aromatic rings. The Labute approximate surface area is 109 Å². The van der Waals surface area contributed by atoms with Gasteiger partial charge in [-0.1, -0.05) is 23.8 Å². The molecule has 2 rings (SSSR count). The van der Waals surface area contributed by atoms with Gasteiger partial charge < -0.3 is 9.73 Å². The molecule has 0 aliphatic heterocycles. The molecule has 96 valence electrons. The van der Waals surface area contributed by atoms with E-state index in [4.69, 9.17) is 4.42 Å². The van der Waals surface area contributed by atoms with Crippen LogP contribution in [0.1, 0.15) is 34.1 Å². The van der Waals surface area contributed by atoms with Crippen molar-refractivity contribution < 1.29 is 4.42 Å². The van der Waals surface area contributed by atoms with Gasteiger partial charge in [0.15, 0.2) is 0 Å². The molecule has 2 nitrogen and oxygen atoms in total. The highest BCUT2D eigenvalue weighted by molar-refractivity contribution is 5.32. The minimum Gasteiger partial charge on any atom is -0.467 e. The number of hydrogen-bond donors (Lipinski definition) is 1. The molecule has 1 atom stereocenters. The molecule has 0 aliphatic carbocycles. The van der Waals surface area contributed by atoms with Crippen molar-refractivity contribution in [3.63, 3.8) is 0 Å². The summed E-state index contributed by atoms with van der Waals surface area (Å²) in [6, 6.07) is 8.86. The molecule has 0 saturated carbocycles. The molecule has 1 N–H and O–H groups in total. The summed E-state index contributed by atoms with van der Waals surface area (Å²) in [7, 11) is 1.98. The second-order valence-corrected chi connectivity index (χ2v) is 4.94. The lowest BCUT2D eigenvalue weighted by Gasteiger charge is -2.16. The number of aryl methyl sites for hydroxylation is 3. The quantitative estimate of drug-likeness (QED) is 0.885. The van der Waals surface area contributed by atoms with Crippen molar-refractivity contribution in [3.8, 4) is 0 Å². The largest absolute Gasteiger partial charge is 0.467 e. The fourth-order valence-electron chi connectivity index (χ4n) is 2.31. The Balaban J connectivity index is 2.26. The van der Waals surface area contributed by atoms with Gasteiger partial charge in [0.2, 0.25) is 0 Å². The Kier molecular flexibility index (Phi) is 3.87. The maximum Gasteiger partial charge on any atom is 0.123 e. The third-order valence-electron chi connectivity index (χ3n) is 3.50. The lowest BCUT2D eigenvalue weighted by molar-refractivity contribution is 0.426. The van der Waals surface area contributed by atoms with Crippen molar-refractivity contribution in [2.75, 3.05) is 7.05 Å². The first-order chi connectivity index (χ1) is 8.61. The minimum atomic E-state index is 0.237. The number of likely N-dealkylation sites (N-methyl/N-ethyl adjacent to an activating group) is 1. The summed E-state index contributed by atoms with van der Waals surface area (Å²) < 4.78 is 5.60. The topological polar surface area (TPSA) is 25.2 Å². The van der Waals surface area contributed by atoms with E-state index in [1.807, 2.05) is 13.1 Å². The van der Waals surface area contributed by atoms with E-state index in [1.54, 1.807) is 6.26 Å². The molecule has 1 unspecified atom stereocenters. The highest BCUT2D eigenvalue weighted by atomic mass is 16.3. The van der Waals surface area contributed by atoms with Gasteiger partial charge in [0.1, 0.15) is 5.76 Å². The zero-order valence-electron chi connectivity index (χ0n) is 11.6. The van der Waals surface area contributed by atoms with Crippen LogP contribution < -0.4 is 5.32 Å². The van der Waals surface area contributed by atoms with Crippen molar-refractivity contribution in [3.05, 3.63) is 58.5 Å². The third kappa shape index (κ3) is 2.65. The molecule has 0 spiro atoms. The summed E-state index contributed by atoms with van der Waals surface area (Å²) in [5, 5.41) is 3.35. The summed E-state index contributed by atoms with van der Waals surface area (Å²) in [5.41, 5.74) is 5.23. The Hall–Kier alpha value is -1.54. The predicted octanol–water partition coefficient (Wildman–Crippen LogP) is 3.71. The summed E-state index contributed by atoms with van der Waals surface area (Å²) in [6.07, 6.45) is 2.72. The van der Waals surface area contributed by atoms with Crippen LogP contribution in [0.5, 0.6) is 0 Å². The molecule has 2 heteroatoms. The molecular formula is C16H21NO. The SMILES string of the molecule is CNC(Cc1cc(C)ccc1C)c1occc1C. The van der Waals surface area contributed by atoms with Crippen LogP contribution in [0.2, 0.25) is 0 Å². The number of furan rings is 1. The van der Waals surface area contributed by atoms with Crippen LogP contribution in [0.3, 0.4) is 0 Å². The van der Waals surface area contributed by atoms with E-state index in [0.29, 0.717) is 0 Å². The maximum atomic E-state index is 5.60. The van der Waals surface area contributed by atoms with Gasteiger partial charge in [-0.2, -0.15) is 0 Å². The first-order valence-corrected chi connectivity index (χ1v) is 6.39. The molecule has 0 saturated heterocycles. The zero-order valence-corrected chi connectivity index (χ0v) is 11.6. The van der Waals surface area contributed by atoms with Crippen LogP contribution in [0.25, 0.3) is 0 Å². The standard InChI is InChI=1S/C16H21NO/c1-11-5-6-12(2)14(9-11)10-15(17-4)16-13(3)7-8-18-16/h5-9,15,17H,10H2,1-4H3. The monoisotopic (exact) mass is 243 g/mol. The molecule has 1 aromatic heterocycles. The van der Waals surface area contributed by atoms with E-state index in [1.165, 1.54) is 22.3 Å². The summed E-state index contributed by atoms with van der Waals surface area (Å²) >= 11 is 0. The van der Waals surface area contributed by atoms with E-state index >= 15 is 0 Å². The average Bonchev–Trinajstić information content (AvgIpc) is 2.77.